The van der Waals surface area contributed by atoms with Gasteiger partial charge in [-0.25, -0.2) is 4.98 Å². The fraction of sp³-hybridized carbons (Fsp3) is 0.600. The minimum Gasteiger partial charge on any atom is -0.369 e. The van der Waals surface area contributed by atoms with Gasteiger partial charge in [0.25, 0.3) is 0 Å². The lowest BCUT2D eigenvalue weighted by molar-refractivity contribution is -0.123. The van der Waals surface area contributed by atoms with Gasteiger partial charge >= 0.3 is 0 Å². The second-order valence-electron chi connectivity index (χ2n) is 3.98. The van der Waals surface area contributed by atoms with E-state index in [0.717, 1.165) is 25.2 Å². The Bertz CT molecular complexity index is 360. The van der Waals surface area contributed by atoms with Gasteiger partial charge in [0.1, 0.15) is 5.82 Å². The number of piperidine rings is 1. The molecule has 1 aromatic heterocycles. The molecule has 82 valence electrons. The molecule has 1 fully saturated rings. The zero-order valence-corrected chi connectivity index (χ0v) is 8.81. The highest BCUT2D eigenvalue weighted by Gasteiger charge is 2.32. The summed E-state index contributed by atoms with van der Waals surface area (Å²) in [5, 5.41) is 3.31. The molecule has 5 heteroatoms. The van der Waals surface area contributed by atoms with Crippen LogP contribution in [0.1, 0.15) is 24.7 Å². The van der Waals surface area contributed by atoms with Gasteiger partial charge in [0.15, 0.2) is 0 Å². The number of nitrogens with zero attached hydrogens (tertiary/aromatic N) is 2. The summed E-state index contributed by atoms with van der Waals surface area (Å²) in [6.45, 7) is 0.918. The van der Waals surface area contributed by atoms with Crippen LogP contribution in [0.25, 0.3) is 0 Å². The number of imidazole rings is 1. The van der Waals surface area contributed by atoms with E-state index >= 15 is 0 Å². The van der Waals surface area contributed by atoms with Gasteiger partial charge in [-0.15, -0.1) is 0 Å². The van der Waals surface area contributed by atoms with E-state index in [1.165, 1.54) is 0 Å². The standard InChI is InChI=1S/C10H16N4O/c1-14-6-5-13-10(14)8-7(9(11)15)3-2-4-12-8/h5-8,12H,2-4H2,1H3,(H2,11,15). The van der Waals surface area contributed by atoms with Crippen LogP contribution < -0.4 is 11.1 Å². The van der Waals surface area contributed by atoms with Crippen molar-refractivity contribution in [1.82, 2.24) is 14.9 Å². The molecular weight excluding hydrogens is 192 g/mol. The summed E-state index contributed by atoms with van der Waals surface area (Å²) in [6, 6.07) is -0.0313. The van der Waals surface area contributed by atoms with Crippen LogP contribution in [0.5, 0.6) is 0 Å². The Morgan fingerprint density at radius 3 is 3.13 bits per heavy atom. The number of carbonyl (C=O) groups is 1. The number of hydrogen-bond donors (Lipinski definition) is 2. The van der Waals surface area contributed by atoms with Crippen LogP contribution in [0.15, 0.2) is 12.4 Å². The molecule has 2 rings (SSSR count). The maximum Gasteiger partial charge on any atom is 0.222 e. The largest absolute Gasteiger partial charge is 0.369 e. The molecule has 0 aromatic carbocycles. The highest BCUT2D eigenvalue weighted by atomic mass is 16.1. The van der Waals surface area contributed by atoms with Crippen molar-refractivity contribution in [3.63, 3.8) is 0 Å². The second kappa shape index (κ2) is 4.02. The maximum absolute atomic E-state index is 11.3. The topological polar surface area (TPSA) is 72.9 Å². The van der Waals surface area contributed by atoms with Gasteiger partial charge in [-0.2, -0.15) is 0 Å². The van der Waals surface area contributed by atoms with Gasteiger partial charge in [0.05, 0.1) is 12.0 Å². The van der Waals surface area contributed by atoms with E-state index in [9.17, 15) is 4.79 Å². The van der Waals surface area contributed by atoms with Crippen LogP contribution in [0.3, 0.4) is 0 Å². The first kappa shape index (κ1) is 10.2. The molecule has 1 aromatic rings. The summed E-state index contributed by atoms with van der Waals surface area (Å²) >= 11 is 0. The lowest BCUT2D eigenvalue weighted by Gasteiger charge is -2.29. The molecule has 0 bridgehead atoms. The Labute approximate surface area is 88.7 Å². The third-order valence-electron chi connectivity index (χ3n) is 2.96. The highest BCUT2D eigenvalue weighted by molar-refractivity contribution is 5.77. The smallest absolute Gasteiger partial charge is 0.222 e. The van der Waals surface area contributed by atoms with Gasteiger partial charge < -0.3 is 15.6 Å². The molecule has 5 nitrogen and oxygen atoms in total. The van der Waals surface area contributed by atoms with E-state index in [2.05, 4.69) is 10.3 Å². The fourth-order valence-electron chi connectivity index (χ4n) is 2.14. The molecule has 15 heavy (non-hydrogen) atoms. The number of aryl methyl sites for hydroxylation is 1. The average molecular weight is 208 g/mol. The van der Waals surface area contributed by atoms with Crippen LogP contribution in [-0.2, 0) is 11.8 Å². The number of hydrogen-bond acceptors (Lipinski definition) is 3. The first-order chi connectivity index (χ1) is 7.20. The third kappa shape index (κ3) is 1.87. The summed E-state index contributed by atoms with van der Waals surface area (Å²) < 4.78 is 1.93. The molecule has 1 amide bonds. The molecule has 1 aliphatic rings. The fourth-order valence-corrected chi connectivity index (χ4v) is 2.14. The Kier molecular flexibility index (Phi) is 2.73. The maximum atomic E-state index is 11.3. The molecule has 0 spiro atoms. The number of carbonyl (C=O) groups excluding carboxylic acids is 1. The number of aromatic nitrogens is 2. The van der Waals surface area contributed by atoms with E-state index in [0.29, 0.717) is 0 Å². The van der Waals surface area contributed by atoms with E-state index < -0.39 is 0 Å². The van der Waals surface area contributed by atoms with E-state index in [1.54, 1.807) is 6.20 Å². The zero-order chi connectivity index (χ0) is 10.8. The number of primary amides is 1. The van der Waals surface area contributed by atoms with Crippen LogP contribution >= 0.6 is 0 Å². The quantitative estimate of drug-likeness (QED) is 0.715. The van der Waals surface area contributed by atoms with Crippen LogP contribution in [0.2, 0.25) is 0 Å². The first-order valence-corrected chi connectivity index (χ1v) is 5.20. The van der Waals surface area contributed by atoms with Crippen molar-refractivity contribution in [1.29, 1.82) is 0 Å². The minimum atomic E-state index is -0.241. The van der Waals surface area contributed by atoms with Gasteiger partial charge in [-0.3, -0.25) is 4.79 Å². The van der Waals surface area contributed by atoms with Gasteiger partial charge in [-0.05, 0) is 19.4 Å². The SMILES string of the molecule is Cn1ccnc1C1NCCCC1C(N)=O. The number of rotatable bonds is 2. The Hall–Kier alpha value is -1.36. The molecule has 0 saturated carbocycles. The van der Waals surface area contributed by atoms with Gasteiger partial charge in [0, 0.05) is 19.4 Å². The van der Waals surface area contributed by atoms with Crippen LogP contribution in [-0.4, -0.2) is 22.0 Å². The predicted molar refractivity (Wildman–Crippen MR) is 55.9 cm³/mol. The Morgan fingerprint density at radius 1 is 1.73 bits per heavy atom. The number of nitrogens with one attached hydrogen (secondary N) is 1. The number of nitrogens with two attached hydrogens (primary N) is 1. The van der Waals surface area contributed by atoms with E-state index in [4.69, 9.17) is 5.73 Å². The predicted octanol–water partition coefficient (Wildman–Crippen LogP) is -0.0539. The molecule has 3 N–H and O–H groups in total. The van der Waals surface area contributed by atoms with Crippen molar-refractivity contribution in [3.05, 3.63) is 18.2 Å². The minimum absolute atomic E-state index is 0.0313. The van der Waals surface area contributed by atoms with E-state index in [-0.39, 0.29) is 17.9 Å². The Balaban J connectivity index is 2.25. The van der Waals surface area contributed by atoms with Crippen molar-refractivity contribution in [2.24, 2.45) is 18.7 Å². The van der Waals surface area contributed by atoms with Crippen molar-refractivity contribution in [2.45, 2.75) is 18.9 Å². The molecule has 0 aliphatic carbocycles. The molecule has 2 atom stereocenters. The van der Waals surface area contributed by atoms with Gasteiger partial charge in [0.2, 0.25) is 5.91 Å². The average Bonchev–Trinajstić information content (AvgIpc) is 2.64. The molecule has 1 aliphatic heterocycles. The first-order valence-electron chi connectivity index (χ1n) is 5.20. The van der Waals surface area contributed by atoms with Crippen molar-refractivity contribution in [3.8, 4) is 0 Å². The number of amides is 1. The van der Waals surface area contributed by atoms with Crippen molar-refractivity contribution >= 4 is 5.91 Å². The summed E-state index contributed by atoms with van der Waals surface area (Å²) in [7, 11) is 1.93. The molecule has 0 radical (unpaired) electrons. The normalized spacial score (nSPS) is 26.5. The highest BCUT2D eigenvalue weighted by Crippen LogP contribution is 2.27. The third-order valence-corrected chi connectivity index (χ3v) is 2.96. The monoisotopic (exact) mass is 208 g/mol. The molecular formula is C10H16N4O. The van der Waals surface area contributed by atoms with Crippen molar-refractivity contribution in [2.75, 3.05) is 6.54 Å². The molecule has 2 unspecified atom stereocenters. The summed E-state index contributed by atoms with van der Waals surface area (Å²) in [4.78, 5) is 15.6. The van der Waals surface area contributed by atoms with Crippen LogP contribution in [0, 0.1) is 5.92 Å². The lowest BCUT2D eigenvalue weighted by Crippen LogP contribution is -2.42. The Morgan fingerprint density at radius 2 is 2.53 bits per heavy atom. The molecule has 2 heterocycles. The lowest BCUT2D eigenvalue weighted by atomic mass is 9.89. The van der Waals surface area contributed by atoms with Crippen LogP contribution in [0.4, 0.5) is 0 Å². The van der Waals surface area contributed by atoms with E-state index in [1.807, 2.05) is 17.8 Å². The summed E-state index contributed by atoms with van der Waals surface area (Å²) in [5.41, 5.74) is 5.40. The van der Waals surface area contributed by atoms with Crippen molar-refractivity contribution < 1.29 is 4.79 Å². The zero-order valence-electron chi connectivity index (χ0n) is 8.81. The summed E-state index contributed by atoms with van der Waals surface area (Å²) in [5.74, 6) is 0.508. The van der Waals surface area contributed by atoms with Gasteiger partial charge in [-0.1, -0.05) is 0 Å². The second-order valence-corrected chi connectivity index (χ2v) is 3.98. The molecule has 1 saturated heterocycles. The summed E-state index contributed by atoms with van der Waals surface area (Å²) in [6.07, 6.45) is 5.46.